The normalized spacial score (nSPS) is 14.5. The Kier molecular flexibility index (Phi) is 3.38. The van der Waals surface area contributed by atoms with Gasteiger partial charge in [0.25, 0.3) is 0 Å². The second-order valence-corrected chi connectivity index (χ2v) is 5.67. The van der Waals surface area contributed by atoms with Crippen molar-refractivity contribution in [2.24, 2.45) is 11.7 Å². The molecule has 0 radical (unpaired) electrons. The summed E-state index contributed by atoms with van der Waals surface area (Å²) in [6, 6.07) is 12.4. The van der Waals surface area contributed by atoms with Crippen molar-refractivity contribution in [3.05, 3.63) is 42.0 Å². The average molecular weight is 270 g/mol. The molecule has 0 unspecified atom stereocenters. The van der Waals surface area contributed by atoms with Gasteiger partial charge in [-0.05, 0) is 29.9 Å². The first-order valence-corrected chi connectivity index (χ1v) is 7.22. The molecule has 0 atom stereocenters. The molecular formula is C16H18N2S. The maximum absolute atomic E-state index is 5.79. The lowest BCUT2D eigenvalue weighted by Crippen LogP contribution is -2.10. The second kappa shape index (κ2) is 5.17. The number of anilines is 1. The fraction of sp³-hybridized carbons (Fsp3) is 0.312. The third-order valence-corrected chi connectivity index (χ3v) is 3.97. The maximum Gasteiger partial charge on any atom is 0.104 e. The van der Waals surface area contributed by atoms with Crippen molar-refractivity contribution in [2.75, 3.05) is 11.9 Å². The lowest BCUT2D eigenvalue weighted by Gasteiger charge is -2.12. The topological polar surface area (TPSA) is 38.0 Å². The van der Waals surface area contributed by atoms with Crippen LogP contribution in [0.5, 0.6) is 0 Å². The lowest BCUT2D eigenvalue weighted by molar-refractivity contribution is 0.761. The van der Waals surface area contributed by atoms with Gasteiger partial charge < -0.3 is 11.1 Å². The number of thiocarbonyl (C=S) groups is 1. The molecule has 3 heteroatoms. The largest absolute Gasteiger partial charge is 0.389 e. The monoisotopic (exact) mass is 270 g/mol. The zero-order valence-corrected chi connectivity index (χ0v) is 11.7. The molecule has 1 aliphatic carbocycles. The number of rotatable bonds is 5. The Morgan fingerprint density at radius 3 is 2.58 bits per heavy atom. The molecule has 19 heavy (non-hydrogen) atoms. The van der Waals surface area contributed by atoms with Crippen LogP contribution in [0.4, 0.5) is 5.69 Å². The molecule has 1 fully saturated rings. The Hall–Kier alpha value is -1.61. The fourth-order valence-corrected chi connectivity index (χ4v) is 2.66. The van der Waals surface area contributed by atoms with Gasteiger partial charge in [-0.3, -0.25) is 0 Å². The van der Waals surface area contributed by atoms with Crippen LogP contribution in [-0.4, -0.2) is 11.5 Å². The second-order valence-electron chi connectivity index (χ2n) is 5.23. The number of fused-ring (bicyclic) bond motifs is 1. The van der Waals surface area contributed by atoms with E-state index in [1.165, 1.54) is 30.3 Å². The highest BCUT2D eigenvalue weighted by molar-refractivity contribution is 7.80. The molecule has 0 heterocycles. The van der Waals surface area contributed by atoms with Gasteiger partial charge in [0.2, 0.25) is 0 Å². The molecule has 0 aromatic heterocycles. The van der Waals surface area contributed by atoms with Crippen LogP contribution in [-0.2, 0) is 0 Å². The molecule has 1 aliphatic rings. The van der Waals surface area contributed by atoms with Crippen LogP contribution in [0.25, 0.3) is 10.8 Å². The molecule has 0 bridgehead atoms. The van der Waals surface area contributed by atoms with Gasteiger partial charge >= 0.3 is 0 Å². The van der Waals surface area contributed by atoms with Gasteiger partial charge in [0, 0.05) is 23.2 Å². The van der Waals surface area contributed by atoms with Crippen LogP contribution in [0.15, 0.2) is 36.4 Å². The van der Waals surface area contributed by atoms with E-state index in [0.29, 0.717) is 4.99 Å². The Morgan fingerprint density at radius 1 is 1.16 bits per heavy atom. The fourth-order valence-electron chi connectivity index (χ4n) is 2.49. The van der Waals surface area contributed by atoms with E-state index in [9.17, 15) is 0 Å². The maximum atomic E-state index is 5.79. The van der Waals surface area contributed by atoms with Gasteiger partial charge in [-0.15, -0.1) is 0 Å². The van der Waals surface area contributed by atoms with Crippen LogP contribution >= 0.6 is 12.2 Å². The highest BCUT2D eigenvalue weighted by atomic mass is 32.1. The van der Waals surface area contributed by atoms with Crippen molar-refractivity contribution >= 4 is 33.7 Å². The van der Waals surface area contributed by atoms with Crippen molar-refractivity contribution in [1.82, 2.24) is 0 Å². The molecule has 0 aliphatic heterocycles. The molecule has 3 rings (SSSR count). The number of nitrogens with one attached hydrogen (secondary N) is 1. The van der Waals surface area contributed by atoms with Crippen LogP contribution in [0.3, 0.4) is 0 Å². The molecule has 2 nitrogen and oxygen atoms in total. The zero-order chi connectivity index (χ0) is 13.2. The van der Waals surface area contributed by atoms with Crippen molar-refractivity contribution in [3.63, 3.8) is 0 Å². The van der Waals surface area contributed by atoms with E-state index in [2.05, 4.69) is 29.6 Å². The van der Waals surface area contributed by atoms with E-state index < -0.39 is 0 Å². The van der Waals surface area contributed by atoms with Crippen LogP contribution in [0.2, 0.25) is 0 Å². The van der Waals surface area contributed by atoms with Gasteiger partial charge in [0.05, 0.1) is 0 Å². The first-order chi connectivity index (χ1) is 9.25. The Labute approximate surface area is 119 Å². The summed E-state index contributed by atoms with van der Waals surface area (Å²) in [6.07, 6.45) is 4.08. The third-order valence-electron chi connectivity index (χ3n) is 3.75. The van der Waals surface area contributed by atoms with Crippen molar-refractivity contribution in [3.8, 4) is 0 Å². The minimum atomic E-state index is 0.459. The minimum Gasteiger partial charge on any atom is -0.389 e. The van der Waals surface area contributed by atoms with E-state index in [0.717, 1.165) is 23.4 Å². The van der Waals surface area contributed by atoms with Gasteiger partial charge in [0.15, 0.2) is 0 Å². The molecule has 2 aromatic carbocycles. The van der Waals surface area contributed by atoms with E-state index in [-0.39, 0.29) is 0 Å². The molecule has 1 saturated carbocycles. The standard InChI is InChI=1S/C16H18N2S/c17-16(19)14-7-8-15(18-10-9-11-5-6-11)13-4-2-1-3-12(13)14/h1-4,7-8,11,18H,5-6,9-10H2,(H2,17,19). The van der Waals surface area contributed by atoms with Gasteiger partial charge in [-0.2, -0.15) is 0 Å². The molecule has 0 amide bonds. The van der Waals surface area contributed by atoms with Gasteiger partial charge in [0.1, 0.15) is 4.99 Å². The summed E-state index contributed by atoms with van der Waals surface area (Å²) < 4.78 is 0. The molecule has 3 N–H and O–H groups in total. The van der Waals surface area contributed by atoms with E-state index in [1.54, 1.807) is 0 Å². The number of hydrogen-bond acceptors (Lipinski definition) is 2. The van der Waals surface area contributed by atoms with Crippen LogP contribution < -0.4 is 11.1 Å². The summed E-state index contributed by atoms with van der Waals surface area (Å²) >= 11 is 5.12. The Bertz CT molecular complexity index is 617. The molecule has 0 spiro atoms. The quantitative estimate of drug-likeness (QED) is 0.814. The first-order valence-electron chi connectivity index (χ1n) is 6.81. The van der Waals surface area contributed by atoms with E-state index >= 15 is 0 Å². The van der Waals surface area contributed by atoms with E-state index in [1.807, 2.05) is 12.1 Å². The molecule has 98 valence electrons. The summed E-state index contributed by atoms with van der Waals surface area (Å²) in [4.78, 5) is 0.459. The zero-order valence-electron chi connectivity index (χ0n) is 10.9. The minimum absolute atomic E-state index is 0.459. The van der Waals surface area contributed by atoms with Crippen LogP contribution in [0, 0.1) is 5.92 Å². The summed E-state index contributed by atoms with van der Waals surface area (Å²) in [7, 11) is 0. The highest BCUT2D eigenvalue weighted by Crippen LogP contribution is 2.33. The number of benzene rings is 2. The average Bonchev–Trinajstić information content (AvgIpc) is 3.22. The Balaban J connectivity index is 1.91. The smallest absolute Gasteiger partial charge is 0.104 e. The lowest BCUT2D eigenvalue weighted by atomic mass is 10.0. The van der Waals surface area contributed by atoms with E-state index in [4.69, 9.17) is 18.0 Å². The number of hydrogen-bond donors (Lipinski definition) is 2. The summed E-state index contributed by atoms with van der Waals surface area (Å²) in [5, 5.41) is 5.87. The van der Waals surface area contributed by atoms with Gasteiger partial charge in [-0.25, -0.2) is 0 Å². The molecular weight excluding hydrogens is 252 g/mol. The molecule has 2 aromatic rings. The van der Waals surface area contributed by atoms with Gasteiger partial charge in [-0.1, -0.05) is 49.3 Å². The summed E-state index contributed by atoms with van der Waals surface area (Å²) in [5.74, 6) is 0.953. The van der Waals surface area contributed by atoms with Crippen molar-refractivity contribution in [2.45, 2.75) is 19.3 Å². The van der Waals surface area contributed by atoms with Crippen molar-refractivity contribution < 1.29 is 0 Å². The van der Waals surface area contributed by atoms with Crippen molar-refractivity contribution in [1.29, 1.82) is 0 Å². The summed E-state index contributed by atoms with van der Waals surface area (Å²) in [5.41, 5.74) is 7.92. The first kappa shape index (κ1) is 12.4. The summed E-state index contributed by atoms with van der Waals surface area (Å²) in [6.45, 7) is 1.04. The SMILES string of the molecule is NC(=S)c1ccc(NCCC2CC2)c2ccccc12. The molecule has 0 saturated heterocycles. The third kappa shape index (κ3) is 2.71. The van der Waals surface area contributed by atoms with Crippen LogP contribution in [0.1, 0.15) is 24.8 Å². The number of nitrogens with two attached hydrogens (primary N) is 1. The highest BCUT2D eigenvalue weighted by Gasteiger charge is 2.20. The predicted molar refractivity (Wildman–Crippen MR) is 85.7 cm³/mol. The Morgan fingerprint density at radius 2 is 1.89 bits per heavy atom. The predicted octanol–water partition coefficient (Wildman–Crippen LogP) is 3.69.